The average molecular weight is 237 g/mol. The summed E-state index contributed by atoms with van der Waals surface area (Å²) in [5.41, 5.74) is 9.62. The van der Waals surface area contributed by atoms with Crippen LogP contribution in [-0.2, 0) is 0 Å². The van der Waals surface area contributed by atoms with Crippen molar-refractivity contribution >= 4 is 11.8 Å². The van der Waals surface area contributed by atoms with Crippen LogP contribution < -0.4 is 26.9 Å². The molecule has 7 nitrogen and oxygen atoms in total. The molecule has 1 saturated heterocycles. The van der Waals surface area contributed by atoms with Crippen molar-refractivity contribution in [2.45, 2.75) is 0 Å². The molecule has 0 aromatic carbocycles. The first kappa shape index (κ1) is 11.7. The normalized spacial score (nSPS) is 17.3. The Kier molecular flexibility index (Phi) is 3.48. The van der Waals surface area contributed by atoms with Gasteiger partial charge in [-0.1, -0.05) is 0 Å². The van der Waals surface area contributed by atoms with Gasteiger partial charge in [-0.2, -0.15) is 4.98 Å². The molecule has 0 atom stereocenters. The van der Waals surface area contributed by atoms with Crippen LogP contribution in [0.4, 0.5) is 11.8 Å². The lowest BCUT2D eigenvalue weighted by molar-refractivity contribution is 0.583. The van der Waals surface area contributed by atoms with Crippen LogP contribution in [0, 0.1) is 0 Å². The van der Waals surface area contributed by atoms with Crippen LogP contribution in [-0.4, -0.2) is 49.9 Å². The molecule has 2 rings (SSSR count). The van der Waals surface area contributed by atoms with Gasteiger partial charge in [0.2, 0.25) is 5.95 Å². The monoisotopic (exact) mass is 237 g/mol. The molecule has 1 aromatic heterocycles. The minimum atomic E-state index is 0.420. The fourth-order valence-corrected chi connectivity index (χ4v) is 1.95. The Hall–Kier alpha value is -1.76. The predicted octanol–water partition coefficient (Wildman–Crippen LogP) is -1.42. The lowest BCUT2D eigenvalue weighted by atomic mass is 10.3. The van der Waals surface area contributed by atoms with Crippen molar-refractivity contribution in [3.8, 4) is 0 Å². The molecule has 0 spiro atoms. The molecule has 17 heavy (non-hydrogen) atoms. The second kappa shape index (κ2) is 5.05. The van der Waals surface area contributed by atoms with Crippen molar-refractivity contribution in [3.63, 3.8) is 0 Å². The highest BCUT2D eigenvalue weighted by molar-refractivity contribution is 5.42. The molecule has 1 aliphatic rings. The summed E-state index contributed by atoms with van der Waals surface area (Å²) in [7, 11) is 3.53. The van der Waals surface area contributed by atoms with Gasteiger partial charge in [-0.3, -0.25) is 4.99 Å². The van der Waals surface area contributed by atoms with Crippen LogP contribution in [0.3, 0.4) is 0 Å². The van der Waals surface area contributed by atoms with Crippen molar-refractivity contribution in [2.75, 3.05) is 56.3 Å². The van der Waals surface area contributed by atoms with Crippen LogP contribution in [0.1, 0.15) is 0 Å². The van der Waals surface area contributed by atoms with Gasteiger partial charge in [0, 0.05) is 46.3 Å². The Morgan fingerprint density at radius 1 is 1.47 bits per heavy atom. The maximum atomic E-state index is 5.90. The summed E-state index contributed by atoms with van der Waals surface area (Å²) in [6.45, 7) is 3.83. The van der Waals surface area contributed by atoms with Gasteiger partial charge in [0.25, 0.3) is 0 Å². The Labute approximate surface area is 100 Å². The van der Waals surface area contributed by atoms with E-state index in [9.17, 15) is 0 Å². The van der Waals surface area contributed by atoms with E-state index in [1.54, 1.807) is 18.8 Å². The van der Waals surface area contributed by atoms with Crippen LogP contribution in [0.15, 0.2) is 11.1 Å². The number of hydrogen-bond acceptors (Lipinski definition) is 6. The molecule has 4 N–H and O–H groups in total. The minimum Gasteiger partial charge on any atom is -0.368 e. The minimum absolute atomic E-state index is 0.420. The molecule has 7 heteroatoms. The summed E-state index contributed by atoms with van der Waals surface area (Å²) >= 11 is 0. The fourth-order valence-electron chi connectivity index (χ4n) is 1.95. The molecular weight excluding hydrogens is 218 g/mol. The van der Waals surface area contributed by atoms with E-state index in [0.29, 0.717) is 5.95 Å². The number of rotatable bonds is 2. The van der Waals surface area contributed by atoms with Gasteiger partial charge < -0.3 is 21.4 Å². The van der Waals surface area contributed by atoms with Gasteiger partial charge >= 0.3 is 0 Å². The predicted molar refractivity (Wildman–Crippen MR) is 68.5 cm³/mol. The van der Waals surface area contributed by atoms with Crippen molar-refractivity contribution in [2.24, 2.45) is 4.99 Å². The SMILES string of the molecule is C/N=c1/cc(N2CCNCC2)nc(N)n1NC. The molecule has 0 aliphatic carbocycles. The third-order valence-electron chi connectivity index (χ3n) is 2.84. The zero-order valence-electron chi connectivity index (χ0n) is 10.3. The average Bonchev–Trinajstić information content (AvgIpc) is 2.38. The highest BCUT2D eigenvalue weighted by Crippen LogP contribution is 2.10. The molecule has 1 fully saturated rings. The molecular formula is C10H19N7. The van der Waals surface area contributed by atoms with E-state index in [1.165, 1.54) is 0 Å². The maximum Gasteiger partial charge on any atom is 0.223 e. The number of aromatic nitrogens is 2. The molecule has 0 amide bonds. The third-order valence-corrected chi connectivity index (χ3v) is 2.84. The third kappa shape index (κ3) is 2.33. The van der Waals surface area contributed by atoms with Gasteiger partial charge in [-0.05, 0) is 0 Å². The van der Waals surface area contributed by atoms with E-state index in [0.717, 1.165) is 37.5 Å². The molecule has 1 aromatic rings. The molecule has 94 valence electrons. The number of nitrogen functional groups attached to an aromatic ring is 1. The van der Waals surface area contributed by atoms with Gasteiger partial charge in [0.05, 0.1) is 0 Å². The highest BCUT2D eigenvalue weighted by Gasteiger charge is 2.13. The van der Waals surface area contributed by atoms with E-state index in [4.69, 9.17) is 5.73 Å². The van der Waals surface area contributed by atoms with Crippen LogP contribution >= 0.6 is 0 Å². The number of hydrogen-bond donors (Lipinski definition) is 3. The summed E-state index contributed by atoms with van der Waals surface area (Å²) in [4.78, 5) is 10.8. The molecule has 2 heterocycles. The van der Waals surface area contributed by atoms with Crippen LogP contribution in [0.5, 0.6) is 0 Å². The van der Waals surface area contributed by atoms with Crippen molar-refractivity contribution in [3.05, 3.63) is 11.6 Å². The molecule has 0 unspecified atom stereocenters. The van der Waals surface area contributed by atoms with Gasteiger partial charge in [0.15, 0.2) is 5.49 Å². The first-order valence-corrected chi connectivity index (χ1v) is 5.72. The van der Waals surface area contributed by atoms with Crippen LogP contribution in [0.2, 0.25) is 0 Å². The van der Waals surface area contributed by atoms with E-state index >= 15 is 0 Å². The summed E-state index contributed by atoms with van der Waals surface area (Å²) < 4.78 is 1.66. The Bertz CT molecular complexity index is 444. The van der Waals surface area contributed by atoms with E-state index in [1.807, 2.05) is 6.07 Å². The van der Waals surface area contributed by atoms with E-state index in [2.05, 4.69) is 25.6 Å². The lowest BCUT2D eigenvalue weighted by Gasteiger charge is -2.28. The van der Waals surface area contributed by atoms with Crippen molar-refractivity contribution < 1.29 is 0 Å². The number of anilines is 2. The second-order valence-corrected chi connectivity index (χ2v) is 3.85. The largest absolute Gasteiger partial charge is 0.368 e. The number of nitrogens with zero attached hydrogens (tertiary/aromatic N) is 4. The van der Waals surface area contributed by atoms with Crippen LogP contribution in [0.25, 0.3) is 0 Å². The molecule has 0 bridgehead atoms. The maximum absolute atomic E-state index is 5.90. The van der Waals surface area contributed by atoms with Gasteiger partial charge in [0.1, 0.15) is 5.82 Å². The first-order valence-electron chi connectivity index (χ1n) is 5.72. The highest BCUT2D eigenvalue weighted by atomic mass is 15.5. The number of nitrogens with one attached hydrogen (secondary N) is 2. The standard InChI is InChI=1S/C10H19N7/c1-12-8-7-9(15-10(11)17(8)13-2)16-5-3-14-4-6-16/h7,13-14H,3-6H2,1-2H3,(H2,11,15)/b12-8-. The second-order valence-electron chi connectivity index (χ2n) is 3.85. The first-order chi connectivity index (χ1) is 8.26. The summed E-state index contributed by atoms with van der Waals surface area (Å²) in [6.07, 6.45) is 0. The summed E-state index contributed by atoms with van der Waals surface area (Å²) in [6, 6.07) is 1.94. The Morgan fingerprint density at radius 2 is 2.18 bits per heavy atom. The molecule has 0 radical (unpaired) electrons. The number of piperazine rings is 1. The molecule has 1 aliphatic heterocycles. The zero-order chi connectivity index (χ0) is 12.3. The zero-order valence-corrected chi connectivity index (χ0v) is 10.3. The van der Waals surface area contributed by atoms with Crippen molar-refractivity contribution in [1.82, 2.24) is 15.0 Å². The number of nitrogens with two attached hydrogens (primary N) is 1. The van der Waals surface area contributed by atoms with Crippen molar-refractivity contribution in [1.29, 1.82) is 0 Å². The Morgan fingerprint density at radius 3 is 2.76 bits per heavy atom. The van der Waals surface area contributed by atoms with Gasteiger partial charge in [-0.25, -0.2) is 4.68 Å². The Balaban J connectivity index is 2.39. The summed E-state index contributed by atoms with van der Waals surface area (Å²) in [5, 5.41) is 3.31. The van der Waals surface area contributed by atoms with Gasteiger partial charge in [-0.15, -0.1) is 0 Å². The molecule has 0 saturated carbocycles. The lowest BCUT2D eigenvalue weighted by Crippen LogP contribution is -2.45. The topological polar surface area (TPSA) is 83.5 Å². The summed E-state index contributed by atoms with van der Waals surface area (Å²) in [5.74, 6) is 1.31. The van der Waals surface area contributed by atoms with E-state index < -0.39 is 0 Å². The fraction of sp³-hybridized carbons (Fsp3) is 0.600. The quantitative estimate of drug-likeness (QED) is 0.588. The van der Waals surface area contributed by atoms with E-state index in [-0.39, 0.29) is 0 Å². The smallest absolute Gasteiger partial charge is 0.223 e.